The number of nitrogens with zero attached hydrogens (tertiary/aromatic N) is 6. The largest absolute Gasteiger partial charge is 0.378 e. The van der Waals surface area contributed by atoms with Gasteiger partial charge in [-0.05, 0) is 59.7 Å². The lowest BCUT2D eigenvalue weighted by Gasteiger charge is -2.35. The predicted molar refractivity (Wildman–Crippen MR) is 236 cm³/mol. The maximum Gasteiger partial charge on any atom is 0.262 e. The smallest absolute Gasteiger partial charge is 0.262 e. The molecule has 6 rings (SSSR count). The Balaban J connectivity index is 1.03. The molecule has 0 bridgehead atoms. The van der Waals surface area contributed by atoms with Crippen molar-refractivity contribution in [1.82, 2.24) is 0 Å². The molecule has 0 fully saturated rings. The first kappa shape index (κ1) is 39.4. The normalized spacial score (nSPS) is 12.5. The van der Waals surface area contributed by atoms with E-state index >= 15 is 0 Å². The van der Waals surface area contributed by atoms with E-state index in [1.807, 2.05) is 22.7 Å². The van der Waals surface area contributed by atoms with Gasteiger partial charge in [0.1, 0.15) is 22.5 Å². The van der Waals surface area contributed by atoms with E-state index in [2.05, 4.69) is 197 Å². The molecule has 0 saturated heterocycles. The van der Waals surface area contributed by atoms with E-state index in [-0.39, 0.29) is 0 Å². The van der Waals surface area contributed by atoms with Crippen LogP contribution in [0.1, 0.15) is 34.0 Å². The van der Waals surface area contributed by atoms with Crippen LogP contribution in [-0.2, 0) is 13.1 Å². The number of aromatic nitrogens is 2. The van der Waals surface area contributed by atoms with E-state index in [9.17, 15) is 0 Å². The highest BCUT2D eigenvalue weighted by atomic mass is 32.1. The van der Waals surface area contributed by atoms with Crippen LogP contribution in [0, 0.1) is 0 Å². The van der Waals surface area contributed by atoms with Gasteiger partial charge in [0.2, 0.25) is 11.0 Å². The zero-order chi connectivity index (χ0) is 38.3. The number of para-hydroxylation sites is 2. The average Bonchev–Trinajstić information content (AvgIpc) is 3.70. The summed E-state index contributed by atoms with van der Waals surface area (Å²) in [6.45, 7) is 6.66. The fraction of sp³-hybridized carbons (Fsp3) is 0.348. The van der Waals surface area contributed by atoms with Crippen molar-refractivity contribution in [3.63, 3.8) is 0 Å². The fourth-order valence-electron chi connectivity index (χ4n) is 7.00. The Morgan fingerprint density at radius 2 is 0.852 bits per heavy atom. The first-order chi connectivity index (χ1) is 25.9. The molecule has 0 radical (unpaired) electrons. The van der Waals surface area contributed by atoms with Crippen LogP contribution >= 0.6 is 22.7 Å². The number of thiazole rings is 2. The van der Waals surface area contributed by atoms with Crippen molar-refractivity contribution in [1.29, 1.82) is 0 Å². The van der Waals surface area contributed by atoms with Crippen molar-refractivity contribution in [3.8, 4) is 0 Å². The molecule has 0 atom stereocenters. The van der Waals surface area contributed by atoms with Crippen molar-refractivity contribution in [3.05, 3.63) is 118 Å². The van der Waals surface area contributed by atoms with Crippen LogP contribution in [0.2, 0.25) is 0 Å². The molecular formula is C46H60N6S2+4. The summed E-state index contributed by atoms with van der Waals surface area (Å²) in [6.07, 6.45) is 11.4. The molecule has 54 heavy (non-hydrogen) atoms. The van der Waals surface area contributed by atoms with Crippen molar-refractivity contribution < 1.29 is 18.1 Å². The Kier molecular flexibility index (Phi) is 12.7. The molecule has 2 heterocycles. The van der Waals surface area contributed by atoms with Crippen LogP contribution in [0.4, 0.5) is 11.4 Å². The fourth-order valence-corrected chi connectivity index (χ4v) is 9.18. The van der Waals surface area contributed by atoms with Crippen LogP contribution in [0.15, 0.2) is 97.1 Å². The third kappa shape index (κ3) is 10.2. The van der Waals surface area contributed by atoms with Gasteiger partial charge in [-0.3, -0.25) is 0 Å². The number of anilines is 2. The van der Waals surface area contributed by atoms with Crippen LogP contribution in [0.5, 0.6) is 0 Å². The van der Waals surface area contributed by atoms with Gasteiger partial charge in [-0.25, -0.2) is 0 Å². The second-order valence-electron chi connectivity index (χ2n) is 16.2. The minimum absolute atomic E-state index is 1.02. The summed E-state index contributed by atoms with van der Waals surface area (Å²) in [5, 5.41) is 2.62. The molecular weight excluding hydrogens is 701 g/mol. The molecule has 0 aliphatic carbocycles. The number of fused-ring (bicyclic) bond motifs is 2. The zero-order valence-electron chi connectivity index (χ0n) is 33.7. The molecule has 8 heteroatoms. The number of quaternary nitrogens is 2. The summed E-state index contributed by atoms with van der Waals surface area (Å²) in [4.78, 5) is 4.28. The third-order valence-corrected chi connectivity index (χ3v) is 12.8. The maximum atomic E-state index is 2.53. The second kappa shape index (κ2) is 17.4. The van der Waals surface area contributed by atoms with Crippen molar-refractivity contribution in [2.24, 2.45) is 0 Å². The molecule has 2 aromatic heterocycles. The van der Waals surface area contributed by atoms with Gasteiger partial charge in [0, 0.05) is 63.9 Å². The van der Waals surface area contributed by atoms with Crippen molar-refractivity contribution in [2.45, 2.75) is 25.9 Å². The number of hydrogen-bond donors (Lipinski definition) is 0. The summed E-state index contributed by atoms with van der Waals surface area (Å²) >= 11 is 3.77. The molecule has 0 aliphatic heterocycles. The summed E-state index contributed by atoms with van der Waals surface area (Å²) in [5.41, 5.74) is 7.56. The quantitative estimate of drug-likeness (QED) is 0.0682. The van der Waals surface area contributed by atoms with Crippen molar-refractivity contribution in [2.75, 3.05) is 92.4 Å². The molecule has 6 aromatic rings. The minimum Gasteiger partial charge on any atom is -0.378 e. The lowest BCUT2D eigenvalue weighted by molar-refractivity contribution is -0.947. The van der Waals surface area contributed by atoms with Crippen LogP contribution in [0.3, 0.4) is 0 Å². The summed E-state index contributed by atoms with van der Waals surface area (Å²) in [5.74, 6) is 0. The molecule has 6 nitrogen and oxygen atoms in total. The SMILES string of the molecule is CN(C)c1ccc(/C=C/c2sc3ccccc3[n+]2CCC[N+](C)(C)CC[N+](C)(C)CCC[n+]2c(/C=C/c3ccc(N(C)C)cc3)sc3ccccc32)cc1. The van der Waals surface area contributed by atoms with Crippen LogP contribution < -0.4 is 18.9 Å². The molecule has 0 unspecified atom stereocenters. The first-order valence-corrected chi connectivity index (χ1v) is 20.9. The lowest BCUT2D eigenvalue weighted by Crippen LogP contribution is -2.52. The minimum atomic E-state index is 1.02. The van der Waals surface area contributed by atoms with E-state index in [1.54, 1.807) is 0 Å². The van der Waals surface area contributed by atoms with Gasteiger partial charge >= 0.3 is 0 Å². The molecule has 0 amide bonds. The Morgan fingerprint density at radius 1 is 0.481 bits per heavy atom. The van der Waals surface area contributed by atoms with Crippen LogP contribution in [-0.4, -0.2) is 91.5 Å². The Hall–Kier alpha value is -4.34. The Bertz CT molecular complexity index is 2030. The molecule has 0 spiro atoms. The van der Waals surface area contributed by atoms with E-state index < -0.39 is 0 Å². The van der Waals surface area contributed by atoms with E-state index in [0.717, 1.165) is 61.1 Å². The monoisotopic (exact) mass is 760 g/mol. The van der Waals surface area contributed by atoms with Gasteiger partial charge < -0.3 is 18.8 Å². The Morgan fingerprint density at radius 3 is 1.22 bits per heavy atom. The maximum absolute atomic E-state index is 2.53. The highest BCUT2D eigenvalue weighted by molar-refractivity contribution is 7.19. The molecule has 0 N–H and O–H groups in total. The van der Waals surface area contributed by atoms with Gasteiger partial charge in [0.25, 0.3) is 10.0 Å². The first-order valence-electron chi connectivity index (χ1n) is 19.3. The lowest BCUT2D eigenvalue weighted by atomic mass is 10.2. The molecule has 0 aliphatic rings. The number of aryl methyl sites for hydroxylation is 2. The Labute approximate surface area is 331 Å². The van der Waals surface area contributed by atoms with Gasteiger partial charge in [-0.1, -0.05) is 71.2 Å². The van der Waals surface area contributed by atoms with E-state index in [1.165, 1.54) is 53.0 Å². The number of hydrogen-bond acceptors (Lipinski definition) is 4. The standard InChI is InChI=1S/C46H60N6S2/c1-47(2)39-25-19-37(20-26-39)23-29-45-49(41-15-9-11-17-43(41)53-45)31-13-33-51(5,6)35-36-52(7,8)34-14-32-50-42-16-10-12-18-44(42)54-46(50)30-24-38-21-27-40(28-22-38)48(3)4/h9-12,15-30H,13-14,31-36H2,1-8H3/q+4. The van der Waals surface area contributed by atoms with Gasteiger partial charge in [-0.15, -0.1) is 0 Å². The zero-order valence-corrected chi connectivity index (χ0v) is 35.3. The number of rotatable bonds is 17. The average molecular weight is 761 g/mol. The van der Waals surface area contributed by atoms with Gasteiger partial charge in [0.15, 0.2) is 13.1 Å². The number of benzene rings is 4. The summed E-state index contributed by atoms with van der Waals surface area (Å²) < 4.78 is 9.81. The second-order valence-corrected chi connectivity index (χ2v) is 18.4. The van der Waals surface area contributed by atoms with Gasteiger partial charge in [0.05, 0.1) is 54.1 Å². The molecule has 0 saturated carbocycles. The summed E-state index contributed by atoms with van der Waals surface area (Å²) in [6, 6.07) is 35.2. The number of likely N-dealkylation sites (N-methyl/N-ethyl adjacent to an activating group) is 2. The highest BCUT2D eigenvalue weighted by Crippen LogP contribution is 2.25. The predicted octanol–water partition coefficient (Wildman–Crippen LogP) is 8.80. The molecule has 282 valence electrons. The van der Waals surface area contributed by atoms with Gasteiger partial charge in [-0.2, -0.15) is 9.13 Å². The van der Waals surface area contributed by atoms with Crippen molar-refractivity contribution >= 4 is 78.8 Å². The van der Waals surface area contributed by atoms with E-state index in [4.69, 9.17) is 0 Å². The topological polar surface area (TPSA) is 14.2 Å². The third-order valence-electron chi connectivity index (χ3n) is 10.5. The highest BCUT2D eigenvalue weighted by Gasteiger charge is 2.26. The van der Waals surface area contributed by atoms with E-state index in [0.29, 0.717) is 0 Å². The molecule has 4 aromatic carbocycles. The summed E-state index contributed by atoms with van der Waals surface area (Å²) in [7, 11) is 18.0. The van der Waals surface area contributed by atoms with Crippen LogP contribution in [0.25, 0.3) is 44.7 Å².